The lowest BCUT2D eigenvalue weighted by Crippen LogP contribution is -2.15. The van der Waals surface area contributed by atoms with Gasteiger partial charge in [0.05, 0.1) is 12.2 Å². The first kappa shape index (κ1) is 20.4. The van der Waals surface area contributed by atoms with Gasteiger partial charge in [-0.3, -0.25) is 9.59 Å². The van der Waals surface area contributed by atoms with E-state index in [1.807, 2.05) is 78.9 Å². The van der Waals surface area contributed by atoms with E-state index >= 15 is 0 Å². The highest BCUT2D eigenvalue weighted by molar-refractivity contribution is 14.1. The van der Waals surface area contributed by atoms with E-state index < -0.39 is 0 Å². The van der Waals surface area contributed by atoms with Crippen LogP contribution in [0.1, 0.15) is 5.56 Å². The van der Waals surface area contributed by atoms with Gasteiger partial charge < -0.3 is 10.6 Å². The lowest BCUT2D eigenvalue weighted by molar-refractivity contribution is -0.115. The molecule has 28 heavy (non-hydrogen) atoms. The summed E-state index contributed by atoms with van der Waals surface area (Å²) < 4.78 is 1.12. The maximum Gasteiger partial charge on any atom is 0.234 e. The summed E-state index contributed by atoms with van der Waals surface area (Å²) in [4.78, 5) is 25.3. The molecule has 0 aliphatic carbocycles. The largest absolute Gasteiger partial charge is 0.326 e. The zero-order valence-corrected chi connectivity index (χ0v) is 18.0. The number of carbonyl (C=O) groups excluding carboxylic acids is 2. The summed E-state index contributed by atoms with van der Waals surface area (Å²) in [6, 6.07) is 24.8. The Hall–Kier alpha value is -2.32. The number of nitrogens with one attached hydrogen (secondary N) is 2. The molecule has 0 aliphatic heterocycles. The van der Waals surface area contributed by atoms with Gasteiger partial charge in [0.25, 0.3) is 0 Å². The van der Waals surface area contributed by atoms with E-state index in [4.69, 9.17) is 0 Å². The fourth-order valence-electron chi connectivity index (χ4n) is 2.53. The molecule has 3 aromatic rings. The first-order chi connectivity index (χ1) is 13.6. The SMILES string of the molecule is O=C(CSc1cccc(NC(=O)Cc2ccccc2)c1)Nc1ccc(I)cc1. The van der Waals surface area contributed by atoms with Gasteiger partial charge in [-0.05, 0) is 70.6 Å². The average Bonchev–Trinajstić information content (AvgIpc) is 2.69. The molecule has 4 nitrogen and oxygen atoms in total. The lowest BCUT2D eigenvalue weighted by Gasteiger charge is -2.08. The van der Waals surface area contributed by atoms with E-state index in [0.717, 1.165) is 25.4 Å². The summed E-state index contributed by atoms with van der Waals surface area (Å²) in [7, 11) is 0. The number of amides is 2. The highest BCUT2D eigenvalue weighted by atomic mass is 127. The second kappa shape index (κ2) is 10.3. The third-order valence-electron chi connectivity index (χ3n) is 3.82. The zero-order valence-electron chi connectivity index (χ0n) is 15.0. The average molecular weight is 502 g/mol. The van der Waals surface area contributed by atoms with E-state index in [9.17, 15) is 9.59 Å². The van der Waals surface area contributed by atoms with Gasteiger partial charge >= 0.3 is 0 Å². The van der Waals surface area contributed by atoms with E-state index in [1.165, 1.54) is 11.8 Å². The number of anilines is 2. The number of hydrogen-bond acceptors (Lipinski definition) is 3. The molecule has 2 amide bonds. The minimum atomic E-state index is -0.0651. The normalized spacial score (nSPS) is 10.3. The molecule has 0 bridgehead atoms. The fourth-order valence-corrected chi connectivity index (χ4v) is 3.64. The molecule has 0 unspecified atom stereocenters. The van der Waals surface area contributed by atoms with Crippen LogP contribution >= 0.6 is 34.4 Å². The minimum Gasteiger partial charge on any atom is -0.326 e. The Morgan fingerprint density at radius 1 is 0.786 bits per heavy atom. The maximum absolute atomic E-state index is 12.2. The molecule has 0 heterocycles. The van der Waals surface area contributed by atoms with Crippen molar-refractivity contribution in [2.45, 2.75) is 11.3 Å². The first-order valence-electron chi connectivity index (χ1n) is 8.70. The Bertz CT molecular complexity index is 946. The molecule has 2 N–H and O–H groups in total. The van der Waals surface area contributed by atoms with Crippen molar-refractivity contribution >= 4 is 57.5 Å². The number of thioether (sulfide) groups is 1. The Labute approximate surface area is 182 Å². The van der Waals surface area contributed by atoms with Crippen LogP contribution in [-0.4, -0.2) is 17.6 Å². The lowest BCUT2D eigenvalue weighted by atomic mass is 10.1. The van der Waals surface area contributed by atoms with Crippen molar-refractivity contribution in [1.82, 2.24) is 0 Å². The van der Waals surface area contributed by atoms with Crippen LogP contribution in [0.5, 0.6) is 0 Å². The van der Waals surface area contributed by atoms with E-state index in [0.29, 0.717) is 12.2 Å². The number of halogens is 1. The van der Waals surface area contributed by atoms with E-state index in [2.05, 4.69) is 33.2 Å². The molecule has 0 fully saturated rings. The number of hydrogen-bond donors (Lipinski definition) is 2. The van der Waals surface area contributed by atoms with Crippen molar-refractivity contribution < 1.29 is 9.59 Å². The van der Waals surface area contributed by atoms with Gasteiger partial charge in [0.2, 0.25) is 11.8 Å². The molecule has 3 rings (SSSR count). The van der Waals surface area contributed by atoms with Gasteiger partial charge in [0.1, 0.15) is 0 Å². The summed E-state index contributed by atoms with van der Waals surface area (Å²) in [5, 5.41) is 5.79. The topological polar surface area (TPSA) is 58.2 Å². The smallest absolute Gasteiger partial charge is 0.234 e. The van der Waals surface area contributed by atoms with Gasteiger partial charge in [-0.2, -0.15) is 0 Å². The highest BCUT2D eigenvalue weighted by Crippen LogP contribution is 2.22. The molecule has 6 heteroatoms. The summed E-state index contributed by atoms with van der Waals surface area (Å²) in [6.07, 6.45) is 0.330. The third kappa shape index (κ3) is 6.69. The van der Waals surface area contributed by atoms with Crippen molar-refractivity contribution in [3.63, 3.8) is 0 Å². The van der Waals surface area contributed by atoms with Crippen LogP contribution in [0.4, 0.5) is 11.4 Å². The van der Waals surface area contributed by atoms with Crippen LogP contribution in [0.25, 0.3) is 0 Å². The van der Waals surface area contributed by atoms with Gasteiger partial charge in [0, 0.05) is 19.8 Å². The fraction of sp³-hybridized carbons (Fsp3) is 0.0909. The number of benzene rings is 3. The molecule has 142 valence electrons. The highest BCUT2D eigenvalue weighted by Gasteiger charge is 2.07. The van der Waals surface area contributed by atoms with Crippen molar-refractivity contribution in [1.29, 1.82) is 0 Å². The van der Waals surface area contributed by atoms with Gasteiger partial charge in [-0.25, -0.2) is 0 Å². The van der Waals surface area contributed by atoms with Crippen molar-refractivity contribution in [2.24, 2.45) is 0 Å². The van der Waals surface area contributed by atoms with Crippen LogP contribution in [0.15, 0.2) is 83.8 Å². The van der Waals surface area contributed by atoms with Crippen molar-refractivity contribution in [2.75, 3.05) is 16.4 Å². The summed E-state index contributed by atoms with van der Waals surface area (Å²) in [5.74, 6) is 0.169. The second-order valence-electron chi connectivity index (χ2n) is 6.08. The van der Waals surface area contributed by atoms with Crippen molar-refractivity contribution in [3.8, 4) is 0 Å². The van der Waals surface area contributed by atoms with Crippen molar-refractivity contribution in [3.05, 3.63) is 88.0 Å². The molecular formula is C22H19IN2O2S. The Morgan fingerprint density at radius 2 is 1.50 bits per heavy atom. The standard InChI is InChI=1S/C22H19IN2O2S/c23-17-9-11-18(12-10-17)24-22(27)15-28-20-8-4-7-19(14-20)25-21(26)13-16-5-2-1-3-6-16/h1-12,14H,13,15H2,(H,24,27)(H,25,26). The predicted molar refractivity (Wildman–Crippen MR) is 124 cm³/mol. The third-order valence-corrected chi connectivity index (χ3v) is 5.54. The molecule has 0 saturated heterocycles. The summed E-state index contributed by atoms with van der Waals surface area (Å²) >= 11 is 3.66. The van der Waals surface area contributed by atoms with Crippen LogP contribution in [0.3, 0.4) is 0 Å². The second-order valence-corrected chi connectivity index (χ2v) is 8.38. The molecule has 0 atom stereocenters. The van der Waals surface area contributed by atoms with E-state index in [1.54, 1.807) is 0 Å². The monoisotopic (exact) mass is 502 g/mol. The Kier molecular flexibility index (Phi) is 7.50. The van der Waals surface area contributed by atoms with E-state index in [-0.39, 0.29) is 11.8 Å². The molecule has 3 aromatic carbocycles. The molecule has 0 aromatic heterocycles. The zero-order chi connectivity index (χ0) is 19.8. The number of carbonyl (C=O) groups is 2. The van der Waals surface area contributed by atoms with Gasteiger partial charge in [-0.15, -0.1) is 11.8 Å². The summed E-state index contributed by atoms with van der Waals surface area (Å²) in [6.45, 7) is 0. The minimum absolute atomic E-state index is 0.0650. The van der Waals surface area contributed by atoms with Crippen LogP contribution in [-0.2, 0) is 16.0 Å². The number of rotatable bonds is 7. The molecular weight excluding hydrogens is 483 g/mol. The van der Waals surface area contributed by atoms with Crippen LogP contribution in [0.2, 0.25) is 0 Å². The Morgan fingerprint density at radius 3 is 2.25 bits per heavy atom. The van der Waals surface area contributed by atoms with Crippen LogP contribution < -0.4 is 10.6 Å². The molecule has 0 radical (unpaired) electrons. The quantitative estimate of drug-likeness (QED) is 0.345. The molecule has 0 spiro atoms. The van der Waals surface area contributed by atoms with Crippen LogP contribution in [0, 0.1) is 3.57 Å². The summed E-state index contributed by atoms with van der Waals surface area (Å²) in [5.41, 5.74) is 2.48. The maximum atomic E-state index is 12.2. The first-order valence-corrected chi connectivity index (χ1v) is 10.8. The Balaban J connectivity index is 1.50. The molecule has 0 aliphatic rings. The predicted octanol–water partition coefficient (Wildman–Crippen LogP) is 5.20. The molecule has 0 saturated carbocycles. The van der Waals surface area contributed by atoms with Gasteiger partial charge in [-0.1, -0.05) is 36.4 Å². The van der Waals surface area contributed by atoms with Gasteiger partial charge in [0.15, 0.2) is 0 Å².